The highest BCUT2D eigenvalue weighted by Crippen LogP contribution is 2.15. The smallest absolute Gasteiger partial charge is 0.328 e. The van der Waals surface area contributed by atoms with Gasteiger partial charge < -0.3 is 9.84 Å². The van der Waals surface area contributed by atoms with Gasteiger partial charge in [-0.2, -0.15) is 0 Å². The predicted molar refractivity (Wildman–Crippen MR) is 105 cm³/mol. The number of aliphatic carboxylic acids is 1. The van der Waals surface area contributed by atoms with Crippen LogP contribution in [-0.2, 0) is 4.79 Å². The number of ether oxygens (including phenoxy) is 1. The van der Waals surface area contributed by atoms with E-state index in [9.17, 15) is 4.79 Å². The Morgan fingerprint density at radius 1 is 0.880 bits per heavy atom. The third kappa shape index (κ3) is 12.3. The third-order valence-corrected chi connectivity index (χ3v) is 4.32. The van der Waals surface area contributed by atoms with E-state index in [1.54, 1.807) is 6.08 Å². The summed E-state index contributed by atoms with van der Waals surface area (Å²) >= 11 is 0. The van der Waals surface area contributed by atoms with Crippen LogP contribution >= 0.6 is 0 Å². The molecule has 0 aliphatic carbocycles. The Balaban J connectivity index is 1.96. The molecule has 0 atom stereocenters. The van der Waals surface area contributed by atoms with Crippen molar-refractivity contribution in [3.8, 4) is 5.75 Å². The topological polar surface area (TPSA) is 46.5 Å². The molecule has 140 valence electrons. The van der Waals surface area contributed by atoms with Crippen molar-refractivity contribution in [2.45, 2.75) is 77.6 Å². The number of benzene rings is 1. The van der Waals surface area contributed by atoms with Crippen LogP contribution in [0.1, 0.15) is 83.1 Å². The van der Waals surface area contributed by atoms with E-state index in [1.165, 1.54) is 64.2 Å². The molecule has 1 aromatic carbocycles. The number of hydrogen-bond donors (Lipinski definition) is 1. The molecular weight excluding hydrogens is 312 g/mol. The van der Waals surface area contributed by atoms with Gasteiger partial charge in [-0.3, -0.25) is 0 Å². The SMILES string of the molecule is CCCCCCCCCCCCCOc1ccc(C=CC(=O)O)cc1. The molecule has 0 aliphatic heterocycles. The first-order chi connectivity index (χ1) is 12.2. The fourth-order valence-corrected chi connectivity index (χ4v) is 2.80. The van der Waals surface area contributed by atoms with Crippen LogP contribution in [0.5, 0.6) is 5.75 Å². The van der Waals surface area contributed by atoms with Crippen LogP contribution in [0, 0.1) is 0 Å². The highest BCUT2D eigenvalue weighted by atomic mass is 16.5. The summed E-state index contributed by atoms with van der Waals surface area (Å²) in [5.74, 6) is -0.0867. The second-order valence-corrected chi connectivity index (χ2v) is 6.62. The number of hydrogen-bond acceptors (Lipinski definition) is 2. The average Bonchev–Trinajstić information content (AvgIpc) is 2.62. The van der Waals surface area contributed by atoms with E-state index in [1.807, 2.05) is 24.3 Å². The van der Waals surface area contributed by atoms with E-state index in [4.69, 9.17) is 9.84 Å². The molecule has 0 bridgehead atoms. The normalized spacial score (nSPS) is 11.1. The van der Waals surface area contributed by atoms with Crippen molar-refractivity contribution in [3.63, 3.8) is 0 Å². The maximum absolute atomic E-state index is 10.5. The number of carboxylic acid groups (broad SMARTS) is 1. The molecule has 1 N–H and O–H groups in total. The van der Waals surface area contributed by atoms with Crippen LogP contribution in [0.3, 0.4) is 0 Å². The summed E-state index contributed by atoms with van der Waals surface area (Å²) in [5, 5.41) is 8.60. The van der Waals surface area contributed by atoms with Gasteiger partial charge in [0.25, 0.3) is 0 Å². The van der Waals surface area contributed by atoms with Crippen LogP contribution in [0.2, 0.25) is 0 Å². The molecule has 1 rings (SSSR count). The zero-order valence-electron chi connectivity index (χ0n) is 15.7. The van der Waals surface area contributed by atoms with Crippen molar-refractivity contribution in [1.82, 2.24) is 0 Å². The van der Waals surface area contributed by atoms with Crippen LogP contribution in [0.25, 0.3) is 6.08 Å². The predicted octanol–water partition coefficient (Wildman–Crippen LogP) is 6.47. The lowest BCUT2D eigenvalue weighted by molar-refractivity contribution is -0.131. The lowest BCUT2D eigenvalue weighted by Gasteiger charge is -2.06. The van der Waals surface area contributed by atoms with Gasteiger partial charge in [0.05, 0.1) is 6.61 Å². The second-order valence-electron chi connectivity index (χ2n) is 6.62. The van der Waals surface area contributed by atoms with E-state index in [0.717, 1.165) is 30.4 Å². The van der Waals surface area contributed by atoms with Gasteiger partial charge >= 0.3 is 5.97 Å². The van der Waals surface area contributed by atoms with Crippen LogP contribution in [0.15, 0.2) is 30.3 Å². The summed E-state index contributed by atoms with van der Waals surface area (Å²) in [7, 11) is 0. The van der Waals surface area contributed by atoms with E-state index >= 15 is 0 Å². The van der Waals surface area contributed by atoms with Gasteiger partial charge in [0.2, 0.25) is 0 Å². The Kier molecular flexibility index (Phi) is 12.4. The van der Waals surface area contributed by atoms with E-state index in [-0.39, 0.29) is 0 Å². The summed E-state index contributed by atoms with van der Waals surface area (Å²) in [4.78, 5) is 10.5. The molecule has 0 amide bonds. The van der Waals surface area contributed by atoms with E-state index < -0.39 is 5.97 Å². The highest BCUT2D eigenvalue weighted by Gasteiger charge is 1.96. The number of unbranched alkanes of at least 4 members (excludes halogenated alkanes) is 10. The summed E-state index contributed by atoms with van der Waals surface area (Å²) in [6.45, 7) is 3.01. The zero-order valence-corrected chi connectivity index (χ0v) is 15.7. The molecule has 0 saturated carbocycles. The highest BCUT2D eigenvalue weighted by molar-refractivity contribution is 5.85. The minimum absolute atomic E-state index is 0.751. The molecular formula is C22H34O3. The lowest BCUT2D eigenvalue weighted by atomic mass is 10.1. The molecule has 1 aromatic rings. The Labute approximate surface area is 153 Å². The average molecular weight is 347 g/mol. The monoisotopic (exact) mass is 346 g/mol. The first-order valence-electron chi connectivity index (χ1n) is 9.86. The van der Waals surface area contributed by atoms with Gasteiger partial charge in [-0.05, 0) is 30.2 Å². The van der Waals surface area contributed by atoms with Crippen LogP contribution in [0.4, 0.5) is 0 Å². The Bertz CT molecular complexity index is 477. The van der Waals surface area contributed by atoms with Gasteiger partial charge in [0.15, 0.2) is 0 Å². The van der Waals surface area contributed by atoms with Gasteiger partial charge in [0.1, 0.15) is 5.75 Å². The minimum atomic E-state index is -0.934. The number of carbonyl (C=O) groups is 1. The summed E-state index contributed by atoms with van der Waals surface area (Å²) in [5.41, 5.74) is 0.865. The molecule has 0 aliphatic rings. The summed E-state index contributed by atoms with van der Waals surface area (Å²) < 4.78 is 5.73. The molecule has 0 saturated heterocycles. The molecule has 0 radical (unpaired) electrons. The van der Waals surface area contributed by atoms with E-state index in [0.29, 0.717) is 0 Å². The third-order valence-electron chi connectivity index (χ3n) is 4.32. The molecule has 0 unspecified atom stereocenters. The van der Waals surface area contributed by atoms with Crippen molar-refractivity contribution in [2.24, 2.45) is 0 Å². The van der Waals surface area contributed by atoms with Crippen molar-refractivity contribution >= 4 is 12.0 Å². The second kappa shape index (κ2) is 14.6. The molecule has 0 spiro atoms. The Morgan fingerprint density at radius 2 is 1.40 bits per heavy atom. The van der Waals surface area contributed by atoms with Crippen LogP contribution in [-0.4, -0.2) is 17.7 Å². The molecule has 0 heterocycles. The van der Waals surface area contributed by atoms with Crippen molar-refractivity contribution < 1.29 is 14.6 Å². The van der Waals surface area contributed by atoms with Gasteiger partial charge in [-0.15, -0.1) is 0 Å². The first-order valence-corrected chi connectivity index (χ1v) is 9.86. The maximum atomic E-state index is 10.5. The number of carboxylic acids is 1. The van der Waals surface area contributed by atoms with Crippen LogP contribution < -0.4 is 4.74 Å². The molecule has 0 fully saturated rings. The van der Waals surface area contributed by atoms with Crippen molar-refractivity contribution in [2.75, 3.05) is 6.61 Å². The number of rotatable bonds is 15. The lowest BCUT2D eigenvalue weighted by Crippen LogP contribution is -1.97. The summed E-state index contributed by atoms with van der Waals surface area (Å²) in [6.07, 6.45) is 17.4. The van der Waals surface area contributed by atoms with Crippen molar-refractivity contribution in [1.29, 1.82) is 0 Å². The van der Waals surface area contributed by atoms with Gasteiger partial charge in [-0.1, -0.05) is 83.3 Å². The maximum Gasteiger partial charge on any atom is 0.328 e. The van der Waals surface area contributed by atoms with Crippen molar-refractivity contribution in [3.05, 3.63) is 35.9 Å². The Morgan fingerprint density at radius 3 is 1.92 bits per heavy atom. The molecule has 25 heavy (non-hydrogen) atoms. The fraction of sp³-hybridized carbons (Fsp3) is 0.591. The van der Waals surface area contributed by atoms with E-state index in [2.05, 4.69) is 6.92 Å². The fourth-order valence-electron chi connectivity index (χ4n) is 2.80. The van der Waals surface area contributed by atoms with Gasteiger partial charge in [0, 0.05) is 6.08 Å². The summed E-state index contributed by atoms with van der Waals surface area (Å²) in [6, 6.07) is 7.52. The first kappa shape index (κ1) is 21.3. The zero-order chi connectivity index (χ0) is 18.2. The Hall–Kier alpha value is -1.77. The largest absolute Gasteiger partial charge is 0.494 e. The molecule has 3 nitrogen and oxygen atoms in total. The molecule has 3 heteroatoms. The quantitative estimate of drug-likeness (QED) is 0.292. The minimum Gasteiger partial charge on any atom is -0.494 e. The molecule has 0 aromatic heterocycles. The standard InChI is InChI=1S/C22H34O3/c1-2-3-4-5-6-7-8-9-10-11-12-19-25-21-16-13-20(14-17-21)15-18-22(23)24/h13-18H,2-12,19H2,1H3,(H,23,24). The van der Waals surface area contributed by atoms with Gasteiger partial charge in [-0.25, -0.2) is 4.79 Å².